The molecular formula is C22H32N2O3. The Hall–Kier alpha value is -2.04. The number of rotatable bonds is 2. The van der Waals surface area contributed by atoms with Crippen LogP contribution in [0, 0.1) is 12.8 Å². The predicted molar refractivity (Wildman–Crippen MR) is 105 cm³/mol. The van der Waals surface area contributed by atoms with E-state index in [1.807, 2.05) is 26.8 Å². The first-order valence-corrected chi connectivity index (χ1v) is 10.1. The van der Waals surface area contributed by atoms with Gasteiger partial charge in [-0.3, -0.25) is 4.79 Å². The van der Waals surface area contributed by atoms with Crippen molar-refractivity contribution < 1.29 is 14.3 Å². The molecule has 0 spiro atoms. The van der Waals surface area contributed by atoms with Crippen LogP contribution in [0.3, 0.4) is 0 Å². The summed E-state index contributed by atoms with van der Waals surface area (Å²) in [7, 11) is 0. The number of hydrogen-bond donors (Lipinski definition) is 0. The fourth-order valence-corrected chi connectivity index (χ4v) is 4.18. The maximum Gasteiger partial charge on any atom is 0.410 e. The Morgan fingerprint density at radius 3 is 2.33 bits per heavy atom. The van der Waals surface area contributed by atoms with Crippen LogP contribution in [0.2, 0.25) is 0 Å². The number of nitrogens with zero attached hydrogens (tertiary/aromatic N) is 2. The van der Waals surface area contributed by atoms with Gasteiger partial charge < -0.3 is 14.5 Å². The third-order valence-electron chi connectivity index (χ3n) is 5.58. The standard InChI is InChI=1S/C22H32N2O3/c1-16-8-5-6-9-18(16)19-10-7-13-24(19)20(25)17-11-14-23(15-12-17)21(26)27-22(2,3)4/h5-6,8-9,17,19H,7,10-15H2,1-4H3. The van der Waals surface area contributed by atoms with E-state index >= 15 is 0 Å². The average Bonchev–Trinajstić information content (AvgIpc) is 3.09. The van der Waals surface area contributed by atoms with Crippen LogP contribution in [0.15, 0.2) is 24.3 Å². The van der Waals surface area contributed by atoms with Crippen molar-refractivity contribution in [3.05, 3.63) is 35.4 Å². The highest BCUT2D eigenvalue weighted by molar-refractivity contribution is 5.80. The second-order valence-electron chi connectivity index (χ2n) is 8.79. The minimum atomic E-state index is -0.486. The van der Waals surface area contributed by atoms with Crippen molar-refractivity contribution in [2.75, 3.05) is 19.6 Å². The molecule has 0 bridgehead atoms. The van der Waals surface area contributed by atoms with E-state index in [1.54, 1.807) is 4.90 Å². The fourth-order valence-electron chi connectivity index (χ4n) is 4.18. The minimum absolute atomic E-state index is 0.00769. The summed E-state index contributed by atoms with van der Waals surface area (Å²) in [6, 6.07) is 8.57. The molecule has 0 aromatic heterocycles. The highest BCUT2D eigenvalue weighted by Crippen LogP contribution is 2.36. The van der Waals surface area contributed by atoms with Gasteiger partial charge in [-0.1, -0.05) is 24.3 Å². The number of aryl methyl sites for hydroxylation is 1. The third kappa shape index (κ3) is 4.63. The highest BCUT2D eigenvalue weighted by atomic mass is 16.6. The van der Waals surface area contributed by atoms with Gasteiger partial charge in [0.05, 0.1) is 6.04 Å². The summed E-state index contributed by atoms with van der Waals surface area (Å²) >= 11 is 0. The zero-order chi connectivity index (χ0) is 19.6. The molecule has 0 radical (unpaired) electrons. The Balaban J connectivity index is 1.60. The van der Waals surface area contributed by atoms with Gasteiger partial charge in [0.25, 0.3) is 0 Å². The van der Waals surface area contributed by atoms with Crippen molar-refractivity contribution in [1.29, 1.82) is 0 Å². The molecule has 1 aromatic carbocycles. The van der Waals surface area contributed by atoms with Gasteiger partial charge in [0.1, 0.15) is 5.60 Å². The lowest BCUT2D eigenvalue weighted by molar-refractivity contribution is -0.138. The van der Waals surface area contributed by atoms with E-state index in [1.165, 1.54) is 11.1 Å². The quantitative estimate of drug-likeness (QED) is 0.777. The molecule has 2 amide bonds. The zero-order valence-corrected chi connectivity index (χ0v) is 17.0. The smallest absolute Gasteiger partial charge is 0.410 e. The van der Waals surface area contributed by atoms with Crippen molar-refractivity contribution in [3.8, 4) is 0 Å². The Bertz CT molecular complexity index is 687. The molecule has 5 heteroatoms. The van der Waals surface area contributed by atoms with E-state index in [9.17, 15) is 9.59 Å². The monoisotopic (exact) mass is 372 g/mol. The molecule has 0 N–H and O–H groups in total. The summed E-state index contributed by atoms with van der Waals surface area (Å²) in [4.78, 5) is 29.2. The van der Waals surface area contributed by atoms with Crippen LogP contribution < -0.4 is 0 Å². The molecule has 2 heterocycles. The molecule has 0 saturated carbocycles. The van der Waals surface area contributed by atoms with Crippen LogP contribution in [0.1, 0.15) is 63.6 Å². The summed E-state index contributed by atoms with van der Waals surface area (Å²) in [6.07, 6.45) is 3.26. The van der Waals surface area contributed by atoms with E-state index in [0.717, 1.165) is 32.2 Å². The lowest BCUT2D eigenvalue weighted by Crippen LogP contribution is -2.45. The molecule has 0 aliphatic carbocycles. The lowest BCUT2D eigenvalue weighted by Gasteiger charge is -2.36. The molecule has 1 aromatic rings. The van der Waals surface area contributed by atoms with Crippen molar-refractivity contribution in [2.45, 2.75) is 65.0 Å². The van der Waals surface area contributed by atoms with Gasteiger partial charge in [-0.05, 0) is 64.5 Å². The Kier molecular flexibility index (Phi) is 5.78. The van der Waals surface area contributed by atoms with Gasteiger partial charge in [0, 0.05) is 25.6 Å². The molecule has 27 heavy (non-hydrogen) atoms. The van der Waals surface area contributed by atoms with E-state index in [2.05, 4.69) is 30.0 Å². The maximum atomic E-state index is 13.2. The molecule has 2 fully saturated rings. The number of ether oxygens (including phenoxy) is 1. The fraction of sp³-hybridized carbons (Fsp3) is 0.636. The number of amides is 2. The topological polar surface area (TPSA) is 49.9 Å². The second kappa shape index (κ2) is 7.91. The van der Waals surface area contributed by atoms with Crippen molar-refractivity contribution in [3.63, 3.8) is 0 Å². The molecule has 1 unspecified atom stereocenters. The summed E-state index contributed by atoms with van der Waals surface area (Å²) < 4.78 is 5.45. The van der Waals surface area contributed by atoms with Crippen LogP contribution in [0.5, 0.6) is 0 Å². The van der Waals surface area contributed by atoms with Crippen LogP contribution in [0.25, 0.3) is 0 Å². The Labute approximate surface area is 162 Å². The van der Waals surface area contributed by atoms with Crippen LogP contribution >= 0.6 is 0 Å². The number of carbonyl (C=O) groups excluding carboxylic acids is 2. The predicted octanol–water partition coefficient (Wildman–Crippen LogP) is 4.31. The molecule has 2 saturated heterocycles. The molecule has 148 valence electrons. The second-order valence-corrected chi connectivity index (χ2v) is 8.79. The minimum Gasteiger partial charge on any atom is -0.444 e. The van der Waals surface area contributed by atoms with Crippen LogP contribution in [0.4, 0.5) is 4.79 Å². The van der Waals surface area contributed by atoms with Crippen LogP contribution in [-0.4, -0.2) is 47.0 Å². The Morgan fingerprint density at radius 2 is 1.70 bits per heavy atom. The van der Waals surface area contributed by atoms with E-state index in [-0.39, 0.29) is 24.0 Å². The van der Waals surface area contributed by atoms with Crippen molar-refractivity contribution >= 4 is 12.0 Å². The van der Waals surface area contributed by atoms with Crippen LogP contribution in [-0.2, 0) is 9.53 Å². The first-order valence-electron chi connectivity index (χ1n) is 10.1. The summed E-state index contributed by atoms with van der Waals surface area (Å²) in [6.45, 7) is 9.77. The van der Waals surface area contributed by atoms with Gasteiger partial charge in [-0.2, -0.15) is 0 Å². The molecular weight excluding hydrogens is 340 g/mol. The molecule has 3 rings (SSSR count). The first kappa shape index (κ1) is 19.7. The van der Waals surface area contributed by atoms with Gasteiger partial charge in [0.2, 0.25) is 5.91 Å². The van der Waals surface area contributed by atoms with Gasteiger partial charge in [-0.25, -0.2) is 4.79 Å². The third-order valence-corrected chi connectivity index (χ3v) is 5.58. The number of hydrogen-bond acceptors (Lipinski definition) is 3. The first-order chi connectivity index (χ1) is 12.8. The molecule has 1 atom stereocenters. The highest BCUT2D eigenvalue weighted by Gasteiger charge is 2.37. The number of likely N-dealkylation sites (tertiary alicyclic amines) is 2. The maximum absolute atomic E-state index is 13.2. The number of piperidine rings is 1. The molecule has 5 nitrogen and oxygen atoms in total. The van der Waals surface area contributed by atoms with Crippen molar-refractivity contribution in [1.82, 2.24) is 9.80 Å². The largest absolute Gasteiger partial charge is 0.444 e. The summed E-state index contributed by atoms with van der Waals surface area (Å²) in [5.41, 5.74) is 2.04. The molecule has 2 aliphatic rings. The number of benzene rings is 1. The lowest BCUT2D eigenvalue weighted by atomic mass is 9.93. The van der Waals surface area contributed by atoms with E-state index in [0.29, 0.717) is 13.1 Å². The van der Waals surface area contributed by atoms with Gasteiger partial charge >= 0.3 is 6.09 Å². The van der Waals surface area contributed by atoms with Crippen molar-refractivity contribution in [2.24, 2.45) is 5.92 Å². The van der Waals surface area contributed by atoms with Gasteiger partial charge in [-0.15, -0.1) is 0 Å². The zero-order valence-electron chi connectivity index (χ0n) is 17.0. The number of carbonyl (C=O) groups is 2. The summed E-state index contributed by atoms with van der Waals surface area (Å²) in [5.74, 6) is 0.262. The normalized spacial score (nSPS) is 21.4. The average molecular weight is 373 g/mol. The van der Waals surface area contributed by atoms with Gasteiger partial charge in [0.15, 0.2) is 0 Å². The van der Waals surface area contributed by atoms with E-state index in [4.69, 9.17) is 4.74 Å². The molecule has 2 aliphatic heterocycles. The SMILES string of the molecule is Cc1ccccc1C1CCCN1C(=O)C1CCN(C(=O)OC(C)(C)C)CC1. The van der Waals surface area contributed by atoms with E-state index < -0.39 is 5.60 Å². The summed E-state index contributed by atoms with van der Waals surface area (Å²) in [5, 5.41) is 0. The Morgan fingerprint density at radius 1 is 1.04 bits per heavy atom.